The number of aromatic carboxylic acids is 1. The average molecular weight is 368 g/mol. The van der Waals surface area contributed by atoms with E-state index in [9.17, 15) is 19.5 Å². The van der Waals surface area contributed by atoms with Gasteiger partial charge in [0.2, 0.25) is 5.91 Å². The molecule has 0 aliphatic rings. The molecule has 2 rings (SSSR count). The first kappa shape index (κ1) is 20.2. The number of carbonyl (C=O) groups is 3. The zero-order chi connectivity index (χ0) is 20.0. The van der Waals surface area contributed by atoms with Crippen molar-refractivity contribution in [2.75, 3.05) is 0 Å². The van der Waals surface area contributed by atoms with Gasteiger partial charge in [-0.25, -0.2) is 4.79 Å². The van der Waals surface area contributed by atoms with Crippen molar-refractivity contribution < 1.29 is 19.5 Å². The van der Waals surface area contributed by atoms with Crippen LogP contribution in [0.15, 0.2) is 48.5 Å². The number of amides is 2. The fourth-order valence-electron chi connectivity index (χ4n) is 2.63. The van der Waals surface area contributed by atoms with Crippen molar-refractivity contribution in [3.8, 4) is 11.1 Å². The third-order valence-corrected chi connectivity index (χ3v) is 4.36. The molecule has 0 aliphatic heterocycles. The van der Waals surface area contributed by atoms with Crippen molar-refractivity contribution in [3.63, 3.8) is 0 Å². The third-order valence-electron chi connectivity index (χ3n) is 4.36. The second-order valence-electron chi connectivity index (χ2n) is 6.41. The van der Waals surface area contributed by atoms with Gasteiger partial charge in [-0.3, -0.25) is 9.59 Å². The molecule has 0 aromatic heterocycles. The van der Waals surface area contributed by atoms with E-state index in [0.29, 0.717) is 16.7 Å². The number of hydrogen-bond donors (Lipinski definition) is 3. The number of carboxylic acid groups (broad SMARTS) is 1. The average Bonchev–Trinajstić information content (AvgIpc) is 2.67. The zero-order valence-electron chi connectivity index (χ0n) is 15.7. The van der Waals surface area contributed by atoms with Gasteiger partial charge in [-0.2, -0.15) is 0 Å². The highest BCUT2D eigenvalue weighted by Crippen LogP contribution is 2.27. The van der Waals surface area contributed by atoms with Gasteiger partial charge in [-0.1, -0.05) is 43.3 Å². The first-order valence-corrected chi connectivity index (χ1v) is 8.88. The van der Waals surface area contributed by atoms with E-state index in [1.807, 2.05) is 13.8 Å². The summed E-state index contributed by atoms with van der Waals surface area (Å²) in [6.45, 7) is 5.47. The van der Waals surface area contributed by atoms with Gasteiger partial charge in [0.05, 0.1) is 5.56 Å². The minimum absolute atomic E-state index is 0.0200. The van der Waals surface area contributed by atoms with Crippen LogP contribution in [0.25, 0.3) is 11.1 Å². The summed E-state index contributed by atoms with van der Waals surface area (Å²) in [5.41, 5.74) is 1.38. The van der Waals surface area contributed by atoms with Crippen LogP contribution < -0.4 is 10.6 Å². The second-order valence-corrected chi connectivity index (χ2v) is 6.41. The number of nitrogens with one attached hydrogen (secondary N) is 2. The molecule has 6 nitrogen and oxygen atoms in total. The minimum Gasteiger partial charge on any atom is -0.478 e. The van der Waals surface area contributed by atoms with Gasteiger partial charge in [-0.05, 0) is 43.5 Å². The molecule has 0 heterocycles. The number of benzene rings is 2. The molecular weight excluding hydrogens is 344 g/mol. The summed E-state index contributed by atoms with van der Waals surface area (Å²) in [5.74, 6) is -1.76. The van der Waals surface area contributed by atoms with Gasteiger partial charge in [0.25, 0.3) is 5.91 Å². The van der Waals surface area contributed by atoms with Crippen molar-refractivity contribution in [3.05, 3.63) is 59.7 Å². The molecule has 2 atom stereocenters. The van der Waals surface area contributed by atoms with Crippen molar-refractivity contribution in [2.45, 2.75) is 39.3 Å². The SMILES string of the molecule is CCC(C)NC(=O)C(C)NC(=O)c1ccccc1-c1ccccc1C(=O)O. The Bertz CT molecular complexity index is 848. The Morgan fingerprint density at radius 3 is 1.96 bits per heavy atom. The van der Waals surface area contributed by atoms with Crippen LogP contribution in [0.5, 0.6) is 0 Å². The molecule has 6 heteroatoms. The number of rotatable bonds is 7. The molecule has 2 unspecified atom stereocenters. The largest absolute Gasteiger partial charge is 0.478 e. The lowest BCUT2D eigenvalue weighted by Gasteiger charge is -2.18. The molecule has 0 saturated heterocycles. The Morgan fingerprint density at radius 1 is 0.889 bits per heavy atom. The summed E-state index contributed by atoms with van der Waals surface area (Å²) in [4.78, 5) is 36.4. The molecule has 2 aromatic rings. The monoisotopic (exact) mass is 368 g/mol. The van der Waals surface area contributed by atoms with E-state index in [0.717, 1.165) is 6.42 Å². The standard InChI is InChI=1S/C21H24N2O4/c1-4-13(2)22-19(24)14(3)23-20(25)17-11-7-5-9-15(17)16-10-6-8-12-18(16)21(26)27/h5-14H,4H2,1-3H3,(H,22,24)(H,23,25)(H,26,27). The summed E-state index contributed by atoms with van der Waals surface area (Å²) in [5, 5.41) is 14.9. The fraction of sp³-hybridized carbons (Fsp3) is 0.286. The predicted molar refractivity (Wildman–Crippen MR) is 104 cm³/mol. The maximum atomic E-state index is 12.8. The molecular formula is C21H24N2O4. The molecule has 27 heavy (non-hydrogen) atoms. The van der Waals surface area contributed by atoms with E-state index in [2.05, 4.69) is 10.6 Å². The molecule has 2 amide bonds. The maximum absolute atomic E-state index is 12.8. The molecule has 0 fully saturated rings. The van der Waals surface area contributed by atoms with Crippen LogP contribution in [0.4, 0.5) is 0 Å². The number of hydrogen-bond acceptors (Lipinski definition) is 3. The van der Waals surface area contributed by atoms with Gasteiger partial charge in [0.15, 0.2) is 0 Å². The molecule has 0 radical (unpaired) electrons. The van der Waals surface area contributed by atoms with E-state index >= 15 is 0 Å². The van der Waals surface area contributed by atoms with E-state index in [1.165, 1.54) is 6.07 Å². The van der Waals surface area contributed by atoms with Crippen LogP contribution in [-0.4, -0.2) is 35.0 Å². The summed E-state index contributed by atoms with van der Waals surface area (Å²) in [6.07, 6.45) is 0.793. The summed E-state index contributed by atoms with van der Waals surface area (Å²) < 4.78 is 0. The van der Waals surface area contributed by atoms with Crippen LogP contribution >= 0.6 is 0 Å². The molecule has 0 bridgehead atoms. The summed E-state index contributed by atoms with van der Waals surface area (Å²) >= 11 is 0. The maximum Gasteiger partial charge on any atom is 0.336 e. The van der Waals surface area contributed by atoms with Crippen LogP contribution in [0.3, 0.4) is 0 Å². The highest BCUT2D eigenvalue weighted by molar-refractivity contribution is 6.05. The Kier molecular flexibility index (Phi) is 6.71. The van der Waals surface area contributed by atoms with Gasteiger partial charge in [-0.15, -0.1) is 0 Å². The molecule has 0 saturated carbocycles. The van der Waals surface area contributed by atoms with Crippen molar-refractivity contribution in [1.82, 2.24) is 10.6 Å². The van der Waals surface area contributed by atoms with Crippen LogP contribution in [0, 0.1) is 0 Å². The topological polar surface area (TPSA) is 95.5 Å². The minimum atomic E-state index is -1.07. The van der Waals surface area contributed by atoms with E-state index in [4.69, 9.17) is 0 Å². The van der Waals surface area contributed by atoms with Gasteiger partial charge < -0.3 is 15.7 Å². The van der Waals surface area contributed by atoms with E-state index in [1.54, 1.807) is 49.4 Å². The Balaban J connectivity index is 2.29. The molecule has 3 N–H and O–H groups in total. The molecule has 0 aliphatic carbocycles. The first-order valence-electron chi connectivity index (χ1n) is 8.88. The van der Waals surface area contributed by atoms with Crippen molar-refractivity contribution >= 4 is 17.8 Å². The summed E-state index contributed by atoms with van der Waals surface area (Å²) in [7, 11) is 0. The second kappa shape index (κ2) is 8.98. The first-order chi connectivity index (χ1) is 12.8. The Morgan fingerprint density at radius 2 is 1.41 bits per heavy atom. The number of carbonyl (C=O) groups excluding carboxylic acids is 2. The third kappa shape index (κ3) is 4.94. The van der Waals surface area contributed by atoms with Gasteiger partial charge in [0.1, 0.15) is 6.04 Å². The van der Waals surface area contributed by atoms with Crippen molar-refractivity contribution in [1.29, 1.82) is 0 Å². The summed E-state index contributed by atoms with van der Waals surface area (Å²) in [6, 6.07) is 12.6. The Labute approximate surface area is 158 Å². The predicted octanol–water partition coefficient (Wildman–Crippen LogP) is 3.08. The van der Waals surface area contributed by atoms with Gasteiger partial charge >= 0.3 is 5.97 Å². The van der Waals surface area contributed by atoms with Gasteiger partial charge in [0, 0.05) is 11.6 Å². The smallest absolute Gasteiger partial charge is 0.336 e. The lowest BCUT2D eigenvalue weighted by atomic mass is 9.95. The van der Waals surface area contributed by atoms with E-state index in [-0.39, 0.29) is 17.5 Å². The Hall–Kier alpha value is -3.15. The lowest BCUT2D eigenvalue weighted by Crippen LogP contribution is -2.47. The molecule has 142 valence electrons. The molecule has 0 spiro atoms. The quantitative estimate of drug-likeness (QED) is 0.700. The van der Waals surface area contributed by atoms with Crippen molar-refractivity contribution in [2.24, 2.45) is 0 Å². The number of carboxylic acids is 1. The van der Waals surface area contributed by atoms with Crippen LogP contribution in [-0.2, 0) is 4.79 Å². The van der Waals surface area contributed by atoms with E-state index < -0.39 is 17.9 Å². The lowest BCUT2D eigenvalue weighted by molar-refractivity contribution is -0.123. The molecule has 2 aromatic carbocycles. The normalized spacial score (nSPS) is 12.7. The highest BCUT2D eigenvalue weighted by Gasteiger charge is 2.21. The van der Waals surface area contributed by atoms with Crippen LogP contribution in [0.2, 0.25) is 0 Å². The zero-order valence-corrected chi connectivity index (χ0v) is 15.7. The highest BCUT2D eigenvalue weighted by atomic mass is 16.4. The fourth-order valence-corrected chi connectivity index (χ4v) is 2.63. The van der Waals surface area contributed by atoms with Crippen LogP contribution in [0.1, 0.15) is 47.9 Å².